The van der Waals surface area contributed by atoms with E-state index in [1.54, 1.807) is 17.5 Å². The highest BCUT2D eigenvalue weighted by Crippen LogP contribution is 2.25. The molecule has 2 aromatic heterocycles. The van der Waals surface area contributed by atoms with Crippen molar-refractivity contribution in [2.75, 3.05) is 18.4 Å². The zero-order valence-corrected chi connectivity index (χ0v) is 17.0. The predicted molar refractivity (Wildman–Crippen MR) is 113 cm³/mol. The summed E-state index contributed by atoms with van der Waals surface area (Å²) in [4.78, 5) is 16.1. The second-order valence-electron chi connectivity index (χ2n) is 7.42. The summed E-state index contributed by atoms with van der Waals surface area (Å²) in [5, 5.41) is 15.9. The van der Waals surface area contributed by atoms with Gasteiger partial charge in [-0.05, 0) is 56.0 Å². The van der Waals surface area contributed by atoms with Crippen molar-refractivity contribution in [2.45, 2.75) is 39.3 Å². The number of aryl methyl sites for hydroxylation is 2. The smallest absolute Gasteiger partial charge is 0.227 e. The third kappa shape index (κ3) is 4.73. The molecule has 0 saturated carbocycles. The number of thiazole rings is 1. The molecular formula is C21H25N5OS. The average Bonchev–Trinajstić information content (AvgIpc) is 3.12. The van der Waals surface area contributed by atoms with Gasteiger partial charge in [-0.3, -0.25) is 4.90 Å². The molecule has 0 unspecified atom stereocenters. The molecule has 0 amide bonds. The summed E-state index contributed by atoms with van der Waals surface area (Å²) in [5.74, 6) is 0.573. The van der Waals surface area contributed by atoms with Crippen LogP contribution in [0.4, 0.5) is 11.6 Å². The molecule has 0 bridgehead atoms. The molecule has 7 heteroatoms. The van der Waals surface area contributed by atoms with Crippen LogP contribution in [-0.2, 0) is 6.54 Å². The third-order valence-electron chi connectivity index (χ3n) is 4.85. The minimum atomic E-state index is -0.147. The Balaban J connectivity index is 1.46. The van der Waals surface area contributed by atoms with Crippen LogP contribution in [0, 0.1) is 13.8 Å². The largest absolute Gasteiger partial charge is 0.393 e. The lowest BCUT2D eigenvalue weighted by atomic mass is 10.1. The van der Waals surface area contributed by atoms with Gasteiger partial charge in [-0.15, -0.1) is 11.3 Å². The summed E-state index contributed by atoms with van der Waals surface area (Å²) in [6.07, 6.45) is 3.30. The molecule has 0 aliphatic carbocycles. The van der Waals surface area contributed by atoms with Gasteiger partial charge in [-0.25, -0.2) is 15.0 Å². The number of aliphatic hydroxyl groups is 1. The molecule has 1 fully saturated rings. The third-order valence-corrected chi connectivity index (χ3v) is 5.76. The Bertz CT molecular complexity index is 929. The molecule has 1 aliphatic heterocycles. The first-order valence-electron chi connectivity index (χ1n) is 9.59. The van der Waals surface area contributed by atoms with Gasteiger partial charge in [0.15, 0.2) is 0 Å². The maximum absolute atomic E-state index is 9.65. The highest BCUT2D eigenvalue weighted by molar-refractivity contribution is 7.13. The van der Waals surface area contributed by atoms with Crippen LogP contribution in [0.1, 0.15) is 29.7 Å². The van der Waals surface area contributed by atoms with Crippen molar-refractivity contribution in [3.63, 3.8) is 0 Å². The Hall–Kier alpha value is -2.35. The second kappa shape index (κ2) is 8.34. The zero-order chi connectivity index (χ0) is 19.5. The molecule has 1 aromatic carbocycles. The molecule has 6 nitrogen and oxygen atoms in total. The van der Waals surface area contributed by atoms with E-state index >= 15 is 0 Å². The van der Waals surface area contributed by atoms with E-state index in [1.807, 2.05) is 6.07 Å². The van der Waals surface area contributed by atoms with Crippen LogP contribution in [0.15, 0.2) is 35.8 Å². The fourth-order valence-corrected chi connectivity index (χ4v) is 4.30. The maximum Gasteiger partial charge on any atom is 0.227 e. The molecule has 0 atom stereocenters. The minimum absolute atomic E-state index is 0.147. The van der Waals surface area contributed by atoms with E-state index in [-0.39, 0.29) is 6.10 Å². The van der Waals surface area contributed by atoms with E-state index in [9.17, 15) is 5.11 Å². The Morgan fingerprint density at radius 1 is 1.14 bits per heavy atom. The molecule has 0 spiro atoms. The molecule has 146 valence electrons. The average molecular weight is 396 g/mol. The van der Waals surface area contributed by atoms with Gasteiger partial charge in [-0.2, -0.15) is 0 Å². The normalized spacial score (nSPS) is 15.7. The Labute approximate surface area is 169 Å². The van der Waals surface area contributed by atoms with Crippen LogP contribution >= 0.6 is 11.3 Å². The number of anilines is 2. The summed E-state index contributed by atoms with van der Waals surface area (Å²) in [5.41, 5.74) is 5.27. The van der Waals surface area contributed by atoms with Crippen molar-refractivity contribution in [1.82, 2.24) is 19.9 Å². The van der Waals surface area contributed by atoms with Crippen LogP contribution in [-0.4, -0.2) is 44.2 Å². The monoisotopic (exact) mass is 395 g/mol. The van der Waals surface area contributed by atoms with Gasteiger partial charge >= 0.3 is 0 Å². The molecule has 2 N–H and O–H groups in total. The first-order chi connectivity index (χ1) is 13.5. The summed E-state index contributed by atoms with van der Waals surface area (Å²) in [7, 11) is 0. The number of nitrogens with one attached hydrogen (secondary N) is 1. The Kier molecular flexibility index (Phi) is 5.66. The standard InChI is InChI=1S/C21H25N5OS/c1-14-9-15(2)11-16(10-14)24-21-22-6-3-19(25-21)20-23-17(13-28-20)12-26-7-4-18(27)5-8-26/h3,6,9-11,13,18,27H,4-5,7-8,12H2,1-2H3,(H,22,24,25). The van der Waals surface area contributed by atoms with Gasteiger partial charge < -0.3 is 10.4 Å². The maximum atomic E-state index is 9.65. The van der Waals surface area contributed by atoms with Crippen molar-refractivity contribution in [3.8, 4) is 10.7 Å². The van der Waals surface area contributed by atoms with Gasteiger partial charge in [0.05, 0.1) is 11.8 Å². The molecule has 3 heterocycles. The fraction of sp³-hybridized carbons (Fsp3) is 0.381. The zero-order valence-electron chi connectivity index (χ0n) is 16.2. The number of piperidine rings is 1. The number of aromatic nitrogens is 3. The fourth-order valence-electron chi connectivity index (χ4n) is 3.52. The van der Waals surface area contributed by atoms with Crippen LogP contribution < -0.4 is 5.32 Å². The summed E-state index contributed by atoms with van der Waals surface area (Å²) in [6.45, 7) is 6.82. The van der Waals surface area contributed by atoms with E-state index in [2.05, 4.69) is 57.6 Å². The molecule has 3 aromatic rings. The first kappa shape index (κ1) is 19.0. The summed E-state index contributed by atoms with van der Waals surface area (Å²) in [6, 6.07) is 8.20. The molecule has 1 saturated heterocycles. The van der Waals surface area contributed by atoms with Gasteiger partial charge in [0, 0.05) is 36.9 Å². The first-order valence-corrected chi connectivity index (χ1v) is 10.5. The molecule has 4 rings (SSSR count). The number of nitrogens with zero attached hydrogens (tertiary/aromatic N) is 4. The highest BCUT2D eigenvalue weighted by atomic mass is 32.1. The van der Waals surface area contributed by atoms with Crippen LogP contribution in [0.25, 0.3) is 10.7 Å². The number of aliphatic hydroxyl groups excluding tert-OH is 1. The van der Waals surface area contributed by atoms with E-state index in [4.69, 9.17) is 4.98 Å². The van der Waals surface area contributed by atoms with Crippen molar-refractivity contribution in [2.24, 2.45) is 0 Å². The number of hydrogen-bond acceptors (Lipinski definition) is 7. The van der Waals surface area contributed by atoms with E-state index < -0.39 is 0 Å². The van der Waals surface area contributed by atoms with Gasteiger partial charge in [0.2, 0.25) is 5.95 Å². The van der Waals surface area contributed by atoms with Crippen molar-refractivity contribution in [3.05, 3.63) is 52.7 Å². The van der Waals surface area contributed by atoms with Gasteiger partial charge in [0.1, 0.15) is 10.7 Å². The van der Waals surface area contributed by atoms with Crippen molar-refractivity contribution >= 4 is 23.0 Å². The molecule has 0 radical (unpaired) electrons. The topological polar surface area (TPSA) is 74.2 Å². The summed E-state index contributed by atoms with van der Waals surface area (Å²) >= 11 is 1.61. The molecular weight excluding hydrogens is 370 g/mol. The number of rotatable bonds is 5. The Morgan fingerprint density at radius 2 is 1.89 bits per heavy atom. The lowest BCUT2D eigenvalue weighted by Gasteiger charge is -2.28. The van der Waals surface area contributed by atoms with Gasteiger partial charge in [0.25, 0.3) is 0 Å². The predicted octanol–water partition coefficient (Wildman–Crippen LogP) is 3.92. The molecule has 28 heavy (non-hydrogen) atoms. The number of hydrogen-bond donors (Lipinski definition) is 2. The lowest BCUT2D eigenvalue weighted by Crippen LogP contribution is -2.35. The molecule has 1 aliphatic rings. The SMILES string of the molecule is Cc1cc(C)cc(Nc2nccc(-c3nc(CN4CCC(O)CC4)cs3)n2)c1. The summed E-state index contributed by atoms with van der Waals surface area (Å²) < 4.78 is 0. The lowest BCUT2D eigenvalue weighted by molar-refractivity contribution is 0.0787. The number of likely N-dealkylation sites (tertiary alicyclic amines) is 1. The van der Waals surface area contributed by atoms with Gasteiger partial charge in [-0.1, -0.05) is 6.07 Å². The minimum Gasteiger partial charge on any atom is -0.393 e. The van der Waals surface area contributed by atoms with Crippen LogP contribution in [0.5, 0.6) is 0 Å². The Morgan fingerprint density at radius 3 is 2.64 bits per heavy atom. The van der Waals surface area contributed by atoms with Crippen molar-refractivity contribution < 1.29 is 5.11 Å². The highest BCUT2D eigenvalue weighted by Gasteiger charge is 2.18. The van der Waals surface area contributed by atoms with Crippen LogP contribution in [0.2, 0.25) is 0 Å². The van der Waals surface area contributed by atoms with E-state index in [0.29, 0.717) is 5.95 Å². The number of benzene rings is 1. The van der Waals surface area contributed by atoms with E-state index in [0.717, 1.165) is 54.6 Å². The quantitative estimate of drug-likeness (QED) is 0.682. The second-order valence-corrected chi connectivity index (χ2v) is 8.28. The van der Waals surface area contributed by atoms with Crippen molar-refractivity contribution in [1.29, 1.82) is 0 Å². The van der Waals surface area contributed by atoms with E-state index in [1.165, 1.54) is 11.1 Å². The van der Waals surface area contributed by atoms with Crippen LogP contribution in [0.3, 0.4) is 0 Å².